The number of amides is 1. The molecule has 1 unspecified atom stereocenters. The van der Waals surface area contributed by atoms with Crippen LogP contribution >= 0.6 is 0 Å². The number of hydrogen-bond acceptors (Lipinski definition) is 6. The molecular weight excluding hydrogens is 334 g/mol. The number of nitro groups is 1. The minimum Gasteiger partial charge on any atom is -0.371 e. The van der Waals surface area contributed by atoms with Crippen molar-refractivity contribution in [1.82, 2.24) is 15.2 Å². The Morgan fingerprint density at radius 2 is 2.08 bits per heavy atom. The average Bonchev–Trinajstić information content (AvgIpc) is 2.69. The molecule has 1 aliphatic heterocycles. The van der Waals surface area contributed by atoms with Crippen molar-refractivity contribution in [3.05, 3.63) is 64.0 Å². The van der Waals surface area contributed by atoms with E-state index >= 15 is 0 Å². The minimum atomic E-state index is -0.470. The van der Waals surface area contributed by atoms with Gasteiger partial charge in [0.15, 0.2) is 0 Å². The van der Waals surface area contributed by atoms with Crippen molar-refractivity contribution >= 4 is 17.3 Å². The van der Waals surface area contributed by atoms with E-state index in [-0.39, 0.29) is 17.6 Å². The highest BCUT2D eigenvalue weighted by molar-refractivity contribution is 5.95. The lowest BCUT2D eigenvalue weighted by atomic mass is 10.1. The van der Waals surface area contributed by atoms with E-state index in [1.54, 1.807) is 23.2 Å². The van der Waals surface area contributed by atoms with Crippen molar-refractivity contribution in [2.75, 3.05) is 31.5 Å². The lowest BCUT2D eigenvalue weighted by Crippen LogP contribution is -2.46. The summed E-state index contributed by atoms with van der Waals surface area (Å²) in [6, 6.07) is 9.89. The maximum atomic E-state index is 12.6. The highest BCUT2D eigenvalue weighted by Crippen LogP contribution is 2.29. The summed E-state index contributed by atoms with van der Waals surface area (Å²) in [5.41, 5.74) is 1.36. The van der Waals surface area contributed by atoms with Gasteiger partial charge in [-0.1, -0.05) is 6.07 Å². The Kier molecular flexibility index (Phi) is 5.43. The Morgan fingerprint density at radius 3 is 2.73 bits per heavy atom. The number of aromatic nitrogens is 1. The molecule has 0 aliphatic carbocycles. The van der Waals surface area contributed by atoms with Crippen LogP contribution in [0, 0.1) is 10.1 Å². The number of benzene rings is 1. The monoisotopic (exact) mass is 355 g/mol. The van der Waals surface area contributed by atoms with E-state index < -0.39 is 4.92 Å². The number of hydrogen-bond donors (Lipinski definition) is 2. The van der Waals surface area contributed by atoms with E-state index in [4.69, 9.17) is 0 Å². The van der Waals surface area contributed by atoms with Crippen LogP contribution in [-0.4, -0.2) is 46.9 Å². The van der Waals surface area contributed by atoms with E-state index in [2.05, 4.69) is 15.6 Å². The van der Waals surface area contributed by atoms with Crippen molar-refractivity contribution < 1.29 is 9.72 Å². The molecule has 0 spiro atoms. The van der Waals surface area contributed by atoms with Gasteiger partial charge in [0.25, 0.3) is 11.6 Å². The van der Waals surface area contributed by atoms with E-state index in [1.165, 1.54) is 6.07 Å². The summed E-state index contributed by atoms with van der Waals surface area (Å²) in [4.78, 5) is 29.6. The Balaban J connectivity index is 1.82. The highest BCUT2D eigenvalue weighted by Gasteiger charge is 2.23. The molecule has 2 heterocycles. The summed E-state index contributed by atoms with van der Waals surface area (Å²) < 4.78 is 0. The van der Waals surface area contributed by atoms with Gasteiger partial charge in [-0.2, -0.15) is 0 Å². The number of rotatable bonds is 5. The molecule has 0 saturated carbocycles. The highest BCUT2D eigenvalue weighted by atomic mass is 16.6. The molecule has 2 aromatic rings. The van der Waals surface area contributed by atoms with E-state index in [0.29, 0.717) is 24.3 Å². The van der Waals surface area contributed by atoms with E-state index in [0.717, 1.165) is 18.8 Å². The summed E-state index contributed by atoms with van der Waals surface area (Å²) >= 11 is 0. The molecule has 1 saturated heterocycles. The Labute approximate surface area is 151 Å². The normalized spacial score (nSPS) is 15.3. The largest absolute Gasteiger partial charge is 0.371 e. The molecule has 26 heavy (non-hydrogen) atoms. The third kappa shape index (κ3) is 3.97. The number of anilines is 1. The second-order valence-corrected chi connectivity index (χ2v) is 6.15. The van der Waals surface area contributed by atoms with Gasteiger partial charge in [-0.25, -0.2) is 0 Å². The molecule has 1 aliphatic rings. The maximum Gasteiger partial charge on any atom is 0.293 e. The summed E-state index contributed by atoms with van der Waals surface area (Å²) in [5, 5.41) is 17.8. The lowest BCUT2D eigenvalue weighted by Gasteiger charge is -2.27. The second-order valence-electron chi connectivity index (χ2n) is 6.15. The van der Waals surface area contributed by atoms with Gasteiger partial charge in [-0.15, -0.1) is 0 Å². The van der Waals surface area contributed by atoms with Gasteiger partial charge >= 0.3 is 0 Å². The molecule has 136 valence electrons. The molecule has 1 atom stereocenters. The fourth-order valence-corrected chi connectivity index (χ4v) is 2.93. The van der Waals surface area contributed by atoms with Crippen LogP contribution in [0.5, 0.6) is 0 Å². The maximum absolute atomic E-state index is 12.6. The number of nitro benzene ring substituents is 1. The van der Waals surface area contributed by atoms with Gasteiger partial charge in [0.1, 0.15) is 5.69 Å². The SMILES string of the molecule is CC(Nc1ccc(C(=O)N2CCNCC2)cc1[N+](=O)[O-])c1ccccn1. The number of nitrogens with zero attached hydrogens (tertiary/aromatic N) is 3. The van der Waals surface area contributed by atoms with Crippen molar-refractivity contribution in [2.45, 2.75) is 13.0 Å². The van der Waals surface area contributed by atoms with Crippen LogP contribution in [0.3, 0.4) is 0 Å². The van der Waals surface area contributed by atoms with Gasteiger partial charge < -0.3 is 15.5 Å². The zero-order valence-electron chi connectivity index (χ0n) is 14.5. The summed E-state index contributed by atoms with van der Waals surface area (Å²) in [6.45, 7) is 4.54. The Bertz CT molecular complexity index is 791. The smallest absolute Gasteiger partial charge is 0.293 e. The Morgan fingerprint density at radius 1 is 1.31 bits per heavy atom. The average molecular weight is 355 g/mol. The predicted octanol–water partition coefficient (Wildman–Crippen LogP) is 2.21. The van der Waals surface area contributed by atoms with E-state index in [1.807, 2.05) is 25.1 Å². The van der Waals surface area contributed by atoms with Crippen molar-refractivity contribution in [3.8, 4) is 0 Å². The molecule has 1 aromatic heterocycles. The molecule has 0 radical (unpaired) electrons. The number of piperazine rings is 1. The van der Waals surface area contributed by atoms with E-state index in [9.17, 15) is 14.9 Å². The van der Waals surface area contributed by atoms with Crippen LogP contribution in [0.15, 0.2) is 42.6 Å². The van der Waals surface area contributed by atoms with Gasteiger partial charge in [0.2, 0.25) is 0 Å². The second kappa shape index (κ2) is 7.92. The molecule has 1 amide bonds. The summed E-state index contributed by atoms with van der Waals surface area (Å²) in [6.07, 6.45) is 1.68. The number of pyridine rings is 1. The lowest BCUT2D eigenvalue weighted by molar-refractivity contribution is -0.384. The fourth-order valence-electron chi connectivity index (χ4n) is 2.93. The van der Waals surface area contributed by atoms with Crippen molar-refractivity contribution in [2.24, 2.45) is 0 Å². The van der Waals surface area contributed by atoms with Crippen LogP contribution in [0.2, 0.25) is 0 Å². The molecule has 1 fully saturated rings. The molecule has 1 aromatic carbocycles. The fraction of sp³-hybridized carbons (Fsp3) is 0.333. The number of carbonyl (C=O) groups excluding carboxylic acids is 1. The first-order valence-electron chi connectivity index (χ1n) is 8.52. The molecule has 2 N–H and O–H groups in total. The quantitative estimate of drug-likeness (QED) is 0.630. The van der Waals surface area contributed by atoms with Gasteiger partial charge in [-0.3, -0.25) is 19.9 Å². The van der Waals surface area contributed by atoms with Crippen LogP contribution < -0.4 is 10.6 Å². The van der Waals surface area contributed by atoms with Gasteiger partial charge in [0.05, 0.1) is 16.7 Å². The summed E-state index contributed by atoms with van der Waals surface area (Å²) in [5.74, 6) is -0.182. The van der Waals surface area contributed by atoms with Crippen molar-refractivity contribution in [3.63, 3.8) is 0 Å². The third-order valence-corrected chi connectivity index (χ3v) is 4.35. The van der Waals surface area contributed by atoms with Crippen LogP contribution in [0.1, 0.15) is 29.0 Å². The standard InChI is InChI=1S/C18H21N5O3/c1-13(15-4-2-3-7-20-15)21-16-6-5-14(12-17(16)23(25)26)18(24)22-10-8-19-9-11-22/h2-7,12-13,19,21H,8-11H2,1H3. The molecule has 8 nitrogen and oxygen atoms in total. The number of nitrogens with one attached hydrogen (secondary N) is 2. The summed E-state index contributed by atoms with van der Waals surface area (Å²) in [7, 11) is 0. The first-order valence-corrected chi connectivity index (χ1v) is 8.52. The molecular formula is C18H21N5O3. The molecule has 8 heteroatoms. The topological polar surface area (TPSA) is 100 Å². The zero-order valence-corrected chi connectivity index (χ0v) is 14.5. The first kappa shape index (κ1) is 17.8. The minimum absolute atomic E-state index is 0.117. The number of carbonyl (C=O) groups is 1. The van der Waals surface area contributed by atoms with Gasteiger partial charge in [-0.05, 0) is 31.2 Å². The van der Waals surface area contributed by atoms with Gasteiger partial charge in [0, 0.05) is 44.0 Å². The predicted molar refractivity (Wildman–Crippen MR) is 98.1 cm³/mol. The molecule has 3 rings (SSSR count). The van der Waals surface area contributed by atoms with Crippen molar-refractivity contribution in [1.29, 1.82) is 0 Å². The Hall–Kier alpha value is -3.00. The van der Waals surface area contributed by atoms with Crippen LogP contribution in [0.25, 0.3) is 0 Å². The third-order valence-electron chi connectivity index (χ3n) is 4.35. The zero-order chi connectivity index (χ0) is 18.5. The molecule has 0 bridgehead atoms. The van der Waals surface area contributed by atoms with Crippen LogP contribution in [0.4, 0.5) is 11.4 Å². The van der Waals surface area contributed by atoms with Crippen LogP contribution in [-0.2, 0) is 0 Å². The first-order chi connectivity index (χ1) is 12.6.